The van der Waals surface area contributed by atoms with Gasteiger partial charge in [-0.25, -0.2) is 4.98 Å². The number of aliphatic imine (C=N–C) groups is 1. The molecule has 0 aliphatic heterocycles. The van der Waals surface area contributed by atoms with E-state index in [4.69, 9.17) is 18.8 Å². The van der Waals surface area contributed by atoms with Gasteiger partial charge in [0.25, 0.3) is 0 Å². The van der Waals surface area contributed by atoms with Crippen molar-refractivity contribution in [3.8, 4) is 39.5 Å². The Kier molecular flexibility index (Phi) is 8.76. The van der Waals surface area contributed by atoms with E-state index in [0.717, 1.165) is 55.3 Å². The summed E-state index contributed by atoms with van der Waals surface area (Å²) < 4.78 is 13.4. The molecule has 0 aliphatic rings. The number of hydrogen-bond donors (Lipinski definition) is 1. The summed E-state index contributed by atoms with van der Waals surface area (Å²) in [5.41, 5.74) is 14.3. The average Bonchev–Trinajstić information content (AvgIpc) is 3.75. The third kappa shape index (κ3) is 6.28. The van der Waals surface area contributed by atoms with Crippen LogP contribution in [0.1, 0.15) is 88.1 Å². The highest BCUT2D eigenvalue weighted by Crippen LogP contribution is 2.44. The van der Waals surface area contributed by atoms with Gasteiger partial charge in [0.2, 0.25) is 5.89 Å². The molecule has 0 spiro atoms. The minimum Gasteiger partial charge on any atom is -0.507 e. The van der Waals surface area contributed by atoms with Crippen LogP contribution in [0.25, 0.3) is 66.7 Å². The Balaban J connectivity index is 1.35. The molecule has 0 saturated carbocycles. The van der Waals surface area contributed by atoms with Crippen molar-refractivity contribution in [2.24, 2.45) is 4.99 Å². The topological polar surface area (TPSA) is 71.8 Å². The average molecular weight is 711 g/mol. The van der Waals surface area contributed by atoms with Crippen molar-refractivity contribution in [2.45, 2.75) is 72.6 Å². The SMILES string of the molecule is Cc1cc(C(C)C)cc(C(C)C)c1-c1cc(-c2cccc3c2oc2ccccc23)c2nc(-c3ccccc3N=Cc3cc(C(C)(C)C)ccc3O)oc2c1. The summed E-state index contributed by atoms with van der Waals surface area (Å²) in [6.07, 6.45) is 1.72. The predicted molar refractivity (Wildman–Crippen MR) is 225 cm³/mol. The first-order chi connectivity index (χ1) is 25.9. The fourth-order valence-electron chi connectivity index (χ4n) is 7.51. The molecule has 270 valence electrons. The summed E-state index contributed by atoms with van der Waals surface area (Å²) in [4.78, 5) is 10.1. The molecule has 1 N–H and O–H groups in total. The number of furan rings is 1. The van der Waals surface area contributed by atoms with Gasteiger partial charge in [-0.05, 0) is 100 Å². The maximum atomic E-state index is 10.7. The number of rotatable bonds is 7. The van der Waals surface area contributed by atoms with Crippen molar-refractivity contribution in [1.82, 2.24) is 4.98 Å². The quantitative estimate of drug-likeness (QED) is 0.167. The standard InChI is InChI=1S/C49H46N2O3/c1-28(2)31-22-30(5)45(39(24-31)29(3)4)32-25-40(37-17-13-16-36-35-14-10-12-19-43(35)53-47(36)37)46-44(26-32)54-48(51-46)38-15-9-11-18-41(38)50-27-33-23-34(49(6,7)8)20-21-42(33)52/h9-29,52H,1-8H3. The van der Waals surface area contributed by atoms with Gasteiger partial charge in [-0.1, -0.05) is 115 Å². The Morgan fingerprint density at radius 2 is 1.44 bits per heavy atom. The van der Waals surface area contributed by atoms with Gasteiger partial charge in [-0.2, -0.15) is 0 Å². The molecule has 6 aromatic carbocycles. The lowest BCUT2D eigenvalue weighted by atomic mass is 9.84. The molecule has 54 heavy (non-hydrogen) atoms. The van der Waals surface area contributed by atoms with Crippen LogP contribution in [-0.4, -0.2) is 16.3 Å². The normalized spacial score (nSPS) is 12.4. The second kappa shape index (κ2) is 13.5. The van der Waals surface area contributed by atoms with E-state index in [2.05, 4.69) is 104 Å². The van der Waals surface area contributed by atoms with Crippen LogP contribution in [0.4, 0.5) is 5.69 Å². The molecule has 2 aromatic heterocycles. The third-order valence-electron chi connectivity index (χ3n) is 10.5. The van der Waals surface area contributed by atoms with E-state index in [0.29, 0.717) is 34.6 Å². The fourth-order valence-corrected chi connectivity index (χ4v) is 7.51. The van der Waals surface area contributed by atoms with Crippen molar-refractivity contribution >= 4 is 44.9 Å². The van der Waals surface area contributed by atoms with Crippen LogP contribution in [0, 0.1) is 6.92 Å². The number of phenols is 1. The lowest BCUT2D eigenvalue weighted by molar-refractivity contribution is 0.473. The van der Waals surface area contributed by atoms with Gasteiger partial charge in [0.15, 0.2) is 5.58 Å². The van der Waals surface area contributed by atoms with E-state index in [9.17, 15) is 5.11 Å². The first-order valence-corrected chi connectivity index (χ1v) is 18.8. The minimum absolute atomic E-state index is 0.0689. The van der Waals surface area contributed by atoms with E-state index < -0.39 is 0 Å². The van der Waals surface area contributed by atoms with Crippen LogP contribution in [0.15, 0.2) is 123 Å². The Labute approximate surface area is 317 Å². The predicted octanol–water partition coefficient (Wildman–Crippen LogP) is 14.0. The van der Waals surface area contributed by atoms with Gasteiger partial charge in [0.1, 0.15) is 22.4 Å². The smallest absolute Gasteiger partial charge is 0.229 e. The number of fused-ring (bicyclic) bond motifs is 4. The lowest BCUT2D eigenvalue weighted by Gasteiger charge is -2.20. The Hall–Kier alpha value is -5.94. The lowest BCUT2D eigenvalue weighted by Crippen LogP contribution is -2.11. The highest BCUT2D eigenvalue weighted by molar-refractivity contribution is 6.12. The van der Waals surface area contributed by atoms with Crippen molar-refractivity contribution < 1.29 is 13.9 Å². The van der Waals surface area contributed by atoms with Crippen LogP contribution in [0.3, 0.4) is 0 Å². The van der Waals surface area contributed by atoms with Gasteiger partial charge in [0.05, 0.1) is 11.3 Å². The van der Waals surface area contributed by atoms with Gasteiger partial charge in [0, 0.05) is 33.7 Å². The van der Waals surface area contributed by atoms with E-state index in [1.165, 1.54) is 22.3 Å². The molecule has 0 saturated heterocycles. The number of para-hydroxylation sites is 3. The zero-order chi connectivity index (χ0) is 37.9. The van der Waals surface area contributed by atoms with Gasteiger partial charge >= 0.3 is 0 Å². The number of benzene rings is 6. The van der Waals surface area contributed by atoms with E-state index in [-0.39, 0.29) is 11.2 Å². The molecule has 0 unspecified atom stereocenters. The van der Waals surface area contributed by atoms with Crippen LogP contribution in [0.2, 0.25) is 0 Å². The van der Waals surface area contributed by atoms with Crippen LogP contribution in [-0.2, 0) is 5.41 Å². The molecular weight excluding hydrogens is 665 g/mol. The molecule has 8 rings (SSSR count). The molecule has 5 heteroatoms. The van der Waals surface area contributed by atoms with Gasteiger partial charge in [-0.3, -0.25) is 4.99 Å². The number of aromatic nitrogens is 1. The van der Waals surface area contributed by atoms with E-state index in [1.807, 2.05) is 54.6 Å². The second-order valence-electron chi connectivity index (χ2n) is 16.1. The van der Waals surface area contributed by atoms with Crippen LogP contribution in [0.5, 0.6) is 5.75 Å². The molecule has 8 aromatic rings. The van der Waals surface area contributed by atoms with Crippen molar-refractivity contribution in [3.63, 3.8) is 0 Å². The maximum Gasteiger partial charge on any atom is 0.229 e. The monoisotopic (exact) mass is 710 g/mol. The second-order valence-corrected chi connectivity index (χ2v) is 16.1. The van der Waals surface area contributed by atoms with Crippen LogP contribution >= 0.6 is 0 Å². The molecule has 0 aliphatic carbocycles. The van der Waals surface area contributed by atoms with Crippen molar-refractivity contribution in [3.05, 3.63) is 137 Å². The first-order valence-electron chi connectivity index (χ1n) is 18.8. The van der Waals surface area contributed by atoms with E-state index >= 15 is 0 Å². The summed E-state index contributed by atoms with van der Waals surface area (Å²) in [6, 6.07) is 37.1. The summed E-state index contributed by atoms with van der Waals surface area (Å²) in [5, 5.41) is 12.9. The number of phenolic OH excluding ortho intramolecular Hbond substituents is 1. The van der Waals surface area contributed by atoms with Crippen LogP contribution < -0.4 is 0 Å². The fraction of sp³-hybridized carbons (Fsp3) is 0.224. The zero-order valence-corrected chi connectivity index (χ0v) is 32.3. The molecule has 0 radical (unpaired) electrons. The summed E-state index contributed by atoms with van der Waals surface area (Å²) in [7, 11) is 0. The largest absolute Gasteiger partial charge is 0.507 e. The first kappa shape index (κ1) is 35.1. The Morgan fingerprint density at radius 3 is 2.22 bits per heavy atom. The molecule has 0 atom stereocenters. The summed E-state index contributed by atoms with van der Waals surface area (Å²) in [6.45, 7) is 17.7. The van der Waals surface area contributed by atoms with E-state index in [1.54, 1.807) is 12.3 Å². The molecule has 2 heterocycles. The van der Waals surface area contributed by atoms with Crippen molar-refractivity contribution in [2.75, 3.05) is 0 Å². The highest BCUT2D eigenvalue weighted by atomic mass is 16.3. The molecule has 0 amide bonds. The Morgan fingerprint density at radius 1 is 0.704 bits per heavy atom. The minimum atomic E-state index is -0.0689. The summed E-state index contributed by atoms with van der Waals surface area (Å²) in [5.74, 6) is 1.39. The third-order valence-corrected chi connectivity index (χ3v) is 10.5. The number of hydrogen-bond acceptors (Lipinski definition) is 5. The Bertz CT molecular complexity index is 2740. The van der Waals surface area contributed by atoms with Gasteiger partial charge in [-0.15, -0.1) is 0 Å². The number of aromatic hydroxyl groups is 1. The van der Waals surface area contributed by atoms with Crippen molar-refractivity contribution in [1.29, 1.82) is 0 Å². The maximum absolute atomic E-state index is 10.7. The number of oxazole rings is 1. The van der Waals surface area contributed by atoms with Gasteiger partial charge < -0.3 is 13.9 Å². The number of nitrogens with zero attached hydrogens (tertiary/aromatic N) is 2. The molecule has 0 bridgehead atoms. The number of aryl methyl sites for hydroxylation is 1. The molecular formula is C49H46N2O3. The zero-order valence-electron chi connectivity index (χ0n) is 32.3. The summed E-state index contributed by atoms with van der Waals surface area (Å²) >= 11 is 0. The highest BCUT2D eigenvalue weighted by Gasteiger charge is 2.23. The molecule has 5 nitrogen and oxygen atoms in total. The molecule has 0 fully saturated rings.